The van der Waals surface area contributed by atoms with E-state index in [0.717, 1.165) is 0 Å². The summed E-state index contributed by atoms with van der Waals surface area (Å²) in [5.41, 5.74) is 0.870. The van der Waals surface area contributed by atoms with Crippen LogP contribution in [0.25, 0.3) is 10.9 Å². The molecule has 1 heterocycles. The van der Waals surface area contributed by atoms with Crippen LogP contribution in [0.5, 0.6) is 0 Å². The van der Waals surface area contributed by atoms with Gasteiger partial charge in [-0.05, 0) is 13.0 Å². The Kier molecular flexibility index (Phi) is 2.38. The first kappa shape index (κ1) is 10.6. The summed E-state index contributed by atoms with van der Waals surface area (Å²) in [4.78, 5) is 11.0. The van der Waals surface area contributed by atoms with E-state index in [1.54, 1.807) is 19.2 Å². The molecule has 2 rings (SSSR count). The standard InChI is InChI=1S/C11H11FN2O2/c1-6(12)9-7-4-3-5-8(11(15)16)10(7)14(2)13-9/h3-6H,1-2H3,(H,15,16). The maximum Gasteiger partial charge on any atom is 0.337 e. The van der Waals surface area contributed by atoms with Crippen molar-refractivity contribution in [1.82, 2.24) is 9.78 Å². The number of aromatic carboxylic acids is 1. The third-order valence-corrected chi connectivity index (χ3v) is 2.50. The molecule has 1 aromatic heterocycles. The molecule has 1 atom stereocenters. The smallest absolute Gasteiger partial charge is 0.337 e. The van der Waals surface area contributed by atoms with Crippen LogP contribution in [0.15, 0.2) is 18.2 Å². The molecule has 0 saturated carbocycles. The first-order chi connectivity index (χ1) is 7.52. The van der Waals surface area contributed by atoms with E-state index < -0.39 is 12.1 Å². The molecule has 2 aromatic rings. The van der Waals surface area contributed by atoms with Crippen molar-refractivity contribution in [3.8, 4) is 0 Å². The SMILES string of the molecule is CC(F)c1nn(C)c2c(C(=O)O)cccc12. The van der Waals surface area contributed by atoms with Gasteiger partial charge in [0, 0.05) is 12.4 Å². The summed E-state index contributed by atoms with van der Waals surface area (Å²) in [5.74, 6) is -1.04. The van der Waals surface area contributed by atoms with E-state index >= 15 is 0 Å². The van der Waals surface area contributed by atoms with Crippen molar-refractivity contribution < 1.29 is 14.3 Å². The maximum absolute atomic E-state index is 13.3. The molecule has 84 valence electrons. The fraction of sp³-hybridized carbons (Fsp3) is 0.273. The number of alkyl halides is 1. The highest BCUT2D eigenvalue weighted by Gasteiger charge is 2.18. The zero-order valence-corrected chi connectivity index (χ0v) is 8.94. The van der Waals surface area contributed by atoms with Crippen molar-refractivity contribution >= 4 is 16.9 Å². The van der Waals surface area contributed by atoms with Gasteiger partial charge in [0.15, 0.2) is 0 Å². The second-order valence-corrected chi connectivity index (χ2v) is 3.63. The third kappa shape index (κ3) is 1.44. The Labute approximate surface area is 91.3 Å². The maximum atomic E-state index is 13.3. The minimum atomic E-state index is -1.22. The average molecular weight is 222 g/mol. The van der Waals surface area contributed by atoms with Gasteiger partial charge in [0.05, 0.1) is 11.1 Å². The van der Waals surface area contributed by atoms with Gasteiger partial charge in [-0.3, -0.25) is 4.68 Å². The first-order valence-corrected chi connectivity index (χ1v) is 4.85. The summed E-state index contributed by atoms with van der Waals surface area (Å²) in [6.07, 6.45) is -1.22. The van der Waals surface area contributed by atoms with Crippen molar-refractivity contribution in [2.24, 2.45) is 7.05 Å². The molecule has 4 nitrogen and oxygen atoms in total. The second-order valence-electron chi connectivity index (χ2n) is 3.63. The van der Waals surface area contributed by atoms with Crippen LogP contribution >= 0.6 is 0 Å². The number of benzene rings is 1. The molecule has 0 fully saturated rings. The van der Waals surface area contributed by atoms with Crippen molar-refractivity contribution in [3.05, 3.63) is 29.5 Å². The minimum Gasteiger partial charge on any atom is -0.478 e. The lowest BCUT2D eigenvalue weighted by molar-refractivity contribution is 0.0698. The monoisotopic (exact) mass is 222 g/mol. The normalized spacial score (nSPS) is 12.9. The molecule has 0 bridgehead atoms. The van der Waals surface area contributed by atoms with Gasteiger partial charge in [0.25, 0.3) is 0 Å². The van der Waals surface area contributed by atoms with E-state index in [2.05, 4.69) is 5.10 Å². The number of nitrogens with zero attached hydrogens (tertiary/aromatic N) is 2. The molecule has 0 aliphatic carbocycles. The van der Waals surface area contributed by atoms with Crippen molar-refractivity contribution in [2.75, 3.05) is 0 Å². The van der Waals surface area contributed by atoms with E-state index in [-0.39, 0.29) is 11.3 Å². The molecule has 0 aliphatic rings. The summed E-state index contributed by atoms with van der Waals surface area (Å²) >= 11 is 0. The lowest BCUT2D eigenvalue weighted by Gasteiger charge is -1.99. The van der Waals surface area contributed by atoms with Crippen LogP contribution in [0, 0.1) is 0 Å². The van der Waals surface area contributed by atoms with Crippen molar-refractivity contribution in [1.29, 1.82) is 0 Å². The molecule has 0 radical (unpaired) electrons. The number of carboxylic acids is 1. The fourth-order valence-electron chi connectivity index (χ4n) is 1.83. The van der Waals surface area contributed by atoms with E-state index in [1.165, 1.54) is 17.7 Å². The number of aromatic nitrogens is 2. The number of hydrogen-bond donors (Lipinski definition) is 1. The molecule has 16 heavy (non-hydrogen) atoms. The van der Waals surface area contributed by atoms with Gasteiger partial charge >= 0.3 is 5.97 Å². The average Bonchev–Trinajstić information content (AvgIpc) is 2.56. The highest BCUT2D eigenvalue weighted by molar-refractivity contribution is 6.02. The minimum absolute atomic E-state index is 0.138. The van der Waals surface area contributed by atoms with Crippen LogP contribution in [-0.4, -0.2) is 20.9 Å². The van der Waals surface area contributed by atoms with Crippen LogP contribution < -0.4 is 0 Å². The molecular formula is C11H11FN2O2. The molecular weight excluding hydrogens is 211 g/mol. The Bertz CT molecular complexity index is 560. The summed E-state index contributed by atoms with van der Waals surface area (Å²) in [5, 5.41) is 13.6. The summed E-state index contributed by atoms with van der Waals surface area (Å²) in [6.45, 7) is 1.38. The molecule has 1 N–H and O–H groups in total. The van der Waals surface area contributed by atoms with Gasteiger partial charge in [0.2, 0.25) is 0 Å². The van der Waals surface area contributed by atoms with Crippen LogP contribution in [0.4, 0.5) is 4.39 Å². The predicted molar refractivity (Wildman–Crippen MR) is 57.2 cm³/mol. The molecule has 5 heteroatoms. The quantitative estimate of drug-likeness (QED) is 0.848. The Morgan fingerprint density at radius 3 is 2.81 bits per heavy atom. The largest absolute Gasteiger partial charge is 0.478 e. The van der Waals surface area contributed by atoms with Gasteiger partial charge in [0.1, 0.15) is 11.9 Å². The van der Waals surface area contributed by atoms with Gasteiger partial charge in [-0.2, -0.15) is 5.10 Å². The Hall–Kier alpha value is -1.91. The highest BCUT2D eigenvalue weighted by Crippen LogP contribution is 2.27. The molecule has 0 saturated heterocycles. The third-order valence-electron chi connectivity index (χ3n) is 2.50. The number of rotatable bonds is 2. The number of aryl methyl sites for hydroxylation is 1. The number of hydrogen-bond acceptors (Lipinski definition) is 2. The number of para-hydroxylation sites is 1. The molecule has 0 spiro atoms. The molecule has 0 amide bonds. The van der Waals surface area contributed by atoms with Crippen molar-refractivity contribution in [2.45, 2.75) is 13.1 Å². The second kappa shape index (κ2) is 3.59. The van der Waals surface area contributed by atoms with Crippen LogP contribution in [-0.2, 0) is 7.05 Å². The predicted octanol–water partition coefficient (Wildman–Crippen LogP) is 2.30. The van der Waals surface area contributed by atoms with Gasteiger partial charge in [-0.1, -0.05) is 12.1 Å². The number of halogens is 1. The Morgan fingerprint density at radius 1 is 1.56 bits per heavy atom. The van der Waals surface area contributed by atoms with Crippen LogP contribution in [0.2, 0.25) is 0 Å². The summed E-state index contributed by atoms with van der Waals surface area (Å²) < 4.78 is 14.7. The van der Waals surface area contributed by atoms with E-state index in [4.69, 9.17) is 5.11 Å². The van der Waals surface area contributed by atoms with Gasteiger partial charge in [-0.25, -0.2) is 9.18 Å². The van der Waals surface area contributed by atoms with E-state index in [1.807, 2.05) is 0 Å². The van der Waals surface area contributed by atoms with Crippen LogP contribution in [0.1, 0.15) is 29.1 Å². The Morgan fingerprint density at radius 2 is 2.25 bits per heavy atom. The zero-order chi connectivity index (χ0) is 11.9. The summed E-state index contributed by atoms with van der Waals surface area (Å²) in [6, 6.07) is 4.76. The molecule has 1 aromatic carbocycles. The lowest BCUT2D eigenvalue weighted by Crippen LogP contribution is -2.00. The first-order valence-electron chi connectivity index (χ1n) is 4.85. The fourth-order valence-corrected chi connectivity index (χ4v) is 1.83. The van der Waals surface area contributed by atoms with Gasteiger partial charge in [-0.15, -0.1) is 0 Å². The zero-order valence-electron chi connectivity index (χ0n) is 8.94. The van der Waals surface area contributed by atoms with E-state index in [9.17, 15) is 9.18 Å². The highest BCUT2D eigenvalue weighted by atomic mass is 19.1. The van der Waals surface area contributed by atoms with Crippen molar-refractivity contribution in [3.63, 3.8) is 0 Å². The van der Waals surface area contributed by atoms with Gasteiger partial charge < -0.3 is 5.11 Å². The molecule has 1 unspecified atom stereocenters. The number of carbonyl (C=O) groups is 1. The lowest BCUT2D eigenvalue weighted by atomic mass is 10.1. The topological polar surface area (TPSA) is 55.1 Å². The molecule has 0 aliphatic heterocycles. The van der Waals surface area contributed by atoms with Crippen LogP contribution in [0.3, 0.4) is 0 Å². The summed E-state index contributed by atoms with van der Waals surface area (Å²) in [7, 11) is 1.61. The Balaban J connectivity index is 2.84. The number of fused-ring (bicyclic) bond motifs is 1. The van der Waals surface area contributed by atoms with E-state index in [0.29, 0.717) is 10.9 Å². The number of carboxylic acid groups (broad SMARTS) is 1.